The highest BCUT2D eigenvalue weighted by atomic mass is 16.5. The first-order valence-electron chi connectivity index (χ1n) is 14.7. The van der Waals surface area contributed by atoms with Crippen LogP contribution in [0.1, 0.15) is 88.5 Å². The molecule has 2 unspecified atom stereocenters. The van der Waals surface area contributed by atoms with Gasteiger partial charge in [0.1, 0.15) is 0 Å². The highest BCUT2D eigenvalue weighted by molar-refractivity contribution is 4.89. The first-order chi connectivity index (χ1) is 16.9. The summed E-state index contributed by atoms with van der Waals surface area (Å²) in [5.41, 5.74) is 0. The largest absolute Gasteiger partial charge is 0.379 e. The maximum Gasteiger partial charge on any atom is 0.0594 e. The van der Waals surface area contributed by atoms with Crippen LogP contribution in [0.5, 0.6) is 0 Å². The van der Waals surface area contributed by atoms with Crippen LogP contribution in [0.2, 0.25) is 0 Å². The molecule has 0 spiro atoms. The topological polar surface area (TPSA) is 37.5 Å². The maximum absolute atomic E-state index is 5.10. The van der Waals surface area contributed by atoms with Gasteiger partial charge in [-0.15, -0.1) is 0 Å². The Balaban J connectivity index is -0.000000197. The third kappa shape index (κ3) is 22.3. The smallest absolute Gasteiger partial charge is 0.0594 e. The fourth-order valence-corrected chi connectivity index (χ4v) is 5.53. The predicted octanol–water partition coefficient (Wildman–Crippen LogP) is 5.56. The van der Waals surface area contributed by atoms with Crippen LogP contribution in [0, 0.1) is 5.92 Å². The van der Waals surface area contributed by atoms with Gasteiger partial charge >= 0.3 is 0 Å². The molecule has 5 aliphatic heterocycles. The summed E-state index contributed by atoms with van der Waals surface area (Å²) in [6.07, 6.45) is 11.6. The average Bonchev–Trinajstić information content (AvgIpc) is 3.61. The van der Waals surface area contributed by atoms with E-state index in [4.69, 9.17) is 4.74 Å². The number of rotatable bonds is 0. The summed E-state index contributed by atoms with van der Waals surface area (Å²) in [5.74, 6) is 1.07. The van der Waals surface area contributed by atoms with E-state index in [9.17, 15) is 0 Å². The Kier molecular flexibility index (Phi) is 33.6. The molecule has 1 saturated carbocycles. The van der Waals surface area contributed by atoms with Crippen LogP contribution in [0.4, 0.5) is 0 Å². The van der Waals surface area contributed by atoms with Crippen molar-refractivity contribution in [2.45, 2.75) is 94.5 Å². The Morgan fingerprint density at radius 2 is 0.950 bits per heavy atom. The van der Waals surface area contributed by atoms with Crippen LogP contribution in [0.3, 0.4) is 0 Å². The first kappa shape index (κ1) is 46.7. The predicted molar refractivity (Wildman–Crippen MR) is 184 cm³/mol. The van der Waals surface area contributed by atoms with Crippen LogP contribution in [-0.4, -0.2) is 151 Å². The van der Waals surface area contributed by atoms with Crippen LogP contribution >= 0.6 is 0 Å². The van der Waals surface area contributed by atoms with Gasteiger partial charge in [0.25, 0.3) is 0 Å². The van der Waals surface area contributed by atoms with Crippen molar-refractivity contribution < 1.29 is 4.74 Å². The van der Waals surface area contributed by atoms with E-state index in [2.05, 4.69) is 65.1 Å². The van der Waals surface area contributed by atoms with Gasteiger partial charge in [-0.25, -0.2) is 0 Å². The molecule has 2 bridgehead atoms. The van der Waals surface area contributed by atoms with Gasteiger partial charge < -0.3 is 34.6 Å². The summed E-state index contributed by atoms with van der Waals surface area (Å²) in [4.78, 5) is 11.9. The third-order valence-corrected chi connectivity index (χ3v) is 8.17. The molecule has 5 saturated heterocycles. The van der Waals surface area contributed by atoms with Gasteiger partial charge in [0, 0.05) is 51.9 Å². The second-order valence-electron chi connectivity index (χ2n) is 11.6. The van der Waals surface area contributed by atoms with E-state index in [-0.39, 0.29) is 37.1 Å². The highest BCUT2D eigenvalue weighted by Crippen LogP contribution is 2.35. The summed E-state index contributed by atoms with van der Waals surface area (Å²) in [6, 6.07) is 0.972. The summed E-state index contributed by atoms with van der Waals surface area (Å²) in [5, 5.41) is 3.27. The molecule has 0 amide bonds. The molecule has 248 valence electrons. The number of nitrogens with zero attached hydrogens (tertiary/aromatic N) is 5. The minimum Gasteiger partial charge on any atom is -0.379 e. The lowest BCUT2D eigenvalue weighted by Gasteiger charge is -2.21. The number of piperazine rings is 1. The summed E-state index contributed by atoms with van der Waals surface area (Å²) in [6.45, 7) is 15.4. The van der Waals surface area contributed by atoms with Gasteiger partial charge in [-0.05, 0) is 112 Å². The van der Waals surface area contributed by atoms with E-state index in [1.165, 1.54) is 97.2 Å². The summed E-state index contributed by atoms with van der Waals surface area (Å²) in [7, 11) is 10.9. The van der Waals surface area contributed by atoms with Crippen molar-refractivity contribution in [3.63, 3.8) is 0 Å². The number of nitrogens with one attached hydrogen (secondary N) is 1. The molecule has 0 aromatic carbocycles. The van der Waals surface area contributed by atoms with Crippen molar-refractivity contribution in [2.75, 3.05) is 120 Å². The van der Waals surface area contributed by atoms with Gasteiger partial charge in [-0.3, -0.25) is 0 Å². The molecule has 6 aliphatic rings. The maximum atomic E-state index is 5.10. The monoisotopic (exact) mass is 577 g/mol. The zero-order valence-electron chi connectivity index (χ0n) is 24.1. The Labute approximate surface area is 255 Å². The van der Waals surface area contributed by atoms with Gasteiger partial charge in [0.15, 0.2) is 0 Å². The Bertz CT molecular complexity index is 447. The normalized spacial score (nSPS) is 26.3. The first-order valence-corrected chi connectivity index (χ1v) is 14.7. The molecule has 0 aromatic rings. The van der Waals surface area contributed by atoms with E-state index >= 15 is 0 Å². The lowest BCUT2D eigenvalue weighted by molar-refractivity contribution is 0.0503. The van der Waals surface area contributed by atoms with Gasteiger partial charge in [0.2, 0.25) is 0 Å². The van der Waals surface area contributed by atoms with E-state index in [0.717, 1.165) is 51.4 Å². The lowest BCUT2D eigenvalue weighted by Crippen LogP contribution is -2.40. The molecule has 0 radical (unpaired) electrons. The van der Waals surface area contributed by atoms with Crippen molar-refractivity contribution in [1.82, 2.24) is 29.8 Å². The van der Waals surface area contributed by atoms with E-state index < -0.39 is 0 Å². The van der Waals surface area contributed by atoms with Crippen molar-refractivity contribution in [2.24, 2.45) is 5.92 Å². The number of fused-ring (bicyclic) bond motifs is 2. The molecule has 1 aliphatic carbocycles. The zero-order valence-corrected chi connectivity index (χ0v) is 24.1. The van der Waals surface area contributed by atoms with E-state index in [0.29, 0.717) is 0 Å². The Morgan fingerprint density at radius 3 is 1.15 bits per heavy atom. The van der Waals surface area contributed by atoms with Crippen molar-refractivity contribution >= 4 is 0 Å². The quantitative estimate of drug-likeness (QED) is 0.404. The fourth-order valence-electron chi connectivity index (χ4n) is 5.53. The van der Waals surface area contributed by atoms with E-state index in [1.807, 2.05) is 0 Å². The molecule has 0 aromatic heterocycles. The molecule has 1 N–H and O–H groups in total. The summed E-state index contributed by atoms with van der Waals surface area (Å²) < 4.78 is 5.10. The van der Waals surface area contributed by atoms with Gasteiger partial charge in [-0.1, -0.05) is 43.6 Å². The molecule has 7 nitrogen and oxygen atoms in total. The lowest BCUT2D eigenvalue weighted by atomic mass is 10.1. The van der Waals surface area contributed by atoms with Crippen LogP contribution in [-0.2, 0) is 4.74 Å². The fraction of sp³-hybridized carbons (Fsp3) is 1.00. The molecule has 6 rings (SSSR count). The summed E-state index contributed by atoms with van der Waals surface area (Å²) >= 11 is 0. The van der Waals surface area contributed by atoms with Crippen LogP contribution in [0.15, 0.2) is 0 Å². The third-order valence-electron chi connectivity index (χ3n) is 8.17. The number of ether oxygens (including phenoxy) is 1. The molecular weight excluding hydrogens is 496 g/mol. The average molecular weight is 577 g/mol. The van der Waals surface area contributed by atoms with E-state index in [1.54, 1.807) is 0 Å². The number of likely N-dealkylation sites (tertiary alicyclic amines) is 3. The standard InChI is InChI=1S/C7H13N.C6H13N.C5H12N2.C5H11NO.C5H11N.5CH4/c1-8-5-6-2-3-7(8)4-6;1-7-5-3-2-4-6-7;1-7-4-2-6-3-5-7;1-6-2-4-7-5-3-6;1-6-4-2-3-5-6;;;;;/h6-7H,2-5H2,1H3;2-6H2,1H3;6H,2-5H2,1H3;2-5H2,1H3;2-5H2,1H3;5*1H4. The van der Waals surface area contributed by atoms with Gasteiger partial charge in [0.05, 0.1) is 13.2 Å². The molecule has 5 heterocycles. The Hall–Kier alpha value is -0.280. The van der Waals surface area contributed by atoms with Crippen molar-refractivity contribution in [3.05, 3.63) is 0 Å². The zero-order chi connectivity index (χ0) is 25.3. The molecule has 7 heteroatoms. The minimum atomic E-state index is 0. The second kappa shape index (κ2) is 28.8. The Morgan fingerprint density at radius 1 is 0.525 bits per heavy atom. The number of morpholine rings is 1. The molecule has 6 fully saturated rings. The van der Waals surface area contributed by atoms with Gasteiger partial charge in [-0.2, -0.15) is 0 Å². The highest BCUT2D eigenvalue weighted by Gasteiger charge is 2.35. The molecule has 2 atom stereocenters. The SMILES string of the molecule is C.C.C.C.C.CN1CC2CCC1C2.CN1CCCC1.CN1CCCCC1.CN1CCNCC1.CN1CCOCC1. The minimum absolute atomic E-state index is 0. The second-order valence-corrected chi connectivity index (χ2v) is 11.6. The molecular formula is C33H80N6O. The number of piperidine rings is 2. The number of likely N-dealkylation sites (N-methyl/N-ethyl adjacent to an activating group) is 2. The number of hydrogen-bond donors (Lipinski definition) is 1. The number of hydrogen-bond acceptors (Lipinski definition) is 7. The van der Waals surface area contributed by atoms with Crippen molar-refractivity contribution in [1.29, 1.82) is 0 Å². The van der Waals surface area contributed by atoms with Crippen LogP contribution in [0.25, 0.3) is 0 Å². The van der Waals surface area contributed by atoms with Crippen molar-refractivity contribution in [3.8, 4) is 0 Å². The van der Waals surface area contributed by atoms with Crippen LogP contribution < -0.4 is 5.32 Å². The molecule has 40 heavy (non-hydrogen) atoms.